The number of amides is 1. The van der Waals surface area contributed by atoms with Crippen molar-refractivity contribution in [2.45, 2.75) is 6.42 Å². The molecule has 1 amide bonds. The maximum Gasteiger partial charge on any atom is 0.261 e. The van der Waals surface area contributed by atoms with Crippen LogP contribution in [0.3, 0.4) is 0 Å². The number of nitrogens with one attached hydrogen (secondary N) is 1. The standard InChI is InChI=1S/C18H23N3O3S2/c22-18(17-8-4-14-25-17)19-9-5-15-26(23,24)21-12-10-20(11-13-21)16-6-2-1-3-7-16/h1-4,6-8,14H,5,9-13,15H2,(H,19,22). The molecule has 1 saturated heterocycles. The van der Waals surface area contributed by atoms with Gasteiger partial charge < -0.3 is 10.2 Å². The lowest BCUT2D eigenvalue weighted by Crippen LogP contribution is -2.49. The summed E-state index contributed by atoms with van der Waals surface area (Å²) in [5.41, 5.74) is 1.13. The molecule has 0 aliphatic carbocycles. The van der Waals surface area contributed by atoms with Crippen molar-refractivity contribution in [3.05, 3.63) is 52.7 Å². The van der Waals surface area contributed by atoms with E-state index in [2.05, 4.69) is 10.2 Å². The molecule has 1 N–H and O–H groups in total. The van der Waals surface area contributed by atoms with Crippen molar-refractivity contribution in [3.63, 3.8) is 0 Å². The van der Waals surface area contributed by atoms with Crippen molar-refractivity contribution in [2.75, 3.05) is 43.4 Å². The van der Waals surface area contributed by atoms with Crippen LogP contribution in [0.5, 0.6) is 0 Å². The maximum atomic E-state index is 12.5. The van der Waals surface area contributed by atoms with E-state index in [1.54, 1.807) is 10.4 Å². The Labute approximate surface area is 158 Å². The van der Waals surface area contributed by atoms with Gasteiger partial charge in [-0.05, 0) is 30.0 Å². The van der Waals surface area contributed by atoms with Gasteiger partial charge in [0.2, 0.25) is 10.0 Å². The summed E-state index contributed by atoms with van der Waals surface area (Å²) >= 11 is 1.37. The summed E-state index contributed by atoms with van der Waals surface area (Å²) in [6.45, 7) is 2.74. The second kappa shape index (κ2) is 8.66. The second-order valence-corrected chi connectivity index (χ2v) is 9.16. The smallest absolute Gasteiger partial charge is 0.261 e. The molecule has 26 heavy (non-hydrogen) atoms. The Morgan fingerprint density at radius 2 is 1.77 bits per heavy atom. The number of hydrogen-bond donors (Lipinski definition) is 1. The van der Waals surface area contributed by atoms with Gasteiger partial charge in [0.1, 0.15) is 0 Å². The third-order valence-corrected chi connectivity index (χ3v) is 7.19. The van der Waals surface area contributed by atoms with Crippen LogP contribution < -0.4 is 10.2 Å². The molecule has 2 aromatic rings. The molecule has 8 heteroatoms. The summed E-state index contributed by atoms with van der Waals surface area (Å²) in [6, 6.07) is 13.6. The number of para-hydroxylation sites is 1. The number of anilines is 1. The number of hydrogen-bond acceptors (Lipinski definition) is 5. The third kappa shape index (κ3) is 4.84. The van der Waals surface area contributed by atoms with Crippen LogP contribution in [0.2, 0.25) is 0 Å². The van der Waals surface area contributed by atoms with Crippen molar-refractivity contribution in [1.82, 2.24) is 9.62 Å². The van der Waals surface area contributed by atoms with Crippen molar-refractivity contribution < 1.29 is 13.2 Å². The summed E-state index contributed by atoms with van der Waals surface area (Å²) in [4.78, 5) is 14.7. The number of thiophene rings is 1. The average molecular weight is 394 g/mol. The van der Waals surface area contributed by atoms with Gasteiger partial charge in [-0.3, -0.25) is 4.79 Å². The molecule has 0 unspecified atom stereocenters. The molecule has 2 heterocycles. The minimum absolute atomic E-state index is 0.0586. The molecular formula is C18H23N3O3S2. The number of nitrogens with zero attached hydrogens (tertiary/aromatic N) is 2. The van der Waals surface area contributed by atoms with Gasteiger partial charge in [0.05, 0.1) is 10.6 Å². The SMILES string of the molecule is O=C(NCCCS(=O)(=O)N1CCN(c2ccccc2)CC1)c1cccs1. The summed E-state index contributed by atoms with van der Waals surface area (Å²) in [7, 11) is -3.28. The first-order chi connectivity index (χ1) is 12.6. The van der Waals surface area contributed by atoms with Crippen LogP contribution in [0.4, 0.5) is 5.69 Å². The molecule has 0 saturated carbocycles. The number of piperazine rings is 1. The monoisotopic (exact) mass is 393 g/mol. The normalized spacial score (nSPS) is 15.8. The minimum Gasteiger partial charge on any atom is -0.369 e. The zero-order valence-corrected chi connectivity index (χ0v) is 16.1. The topological polar surface area (TPSA) is 69.7 Å². The van der Waals surface area contributed by atoms with Crippen molar-refractivity contribution in [1.29, 1.82) is 0 Å². The molecule has 0 bridgehead atoms. The van der Waals surface area contributed by atoms with Crippen LogP contribution in [0.25, 0.3) is 0 Å². The molecule has 1 fully saturated rings. The van der Waals surface area contributed by atoms with Crippen molar-refractivity contribution in [2.24, 2.45) is 0 Å². The molecule has 1 aliphatic rings. The highest BCUT2D eigenvalue weighted by Gasteiger charge is 2.26. The van der Waals surface area contributed by atoms with E-state index in [-0.39, 0.29) is 11.7 Å². The Morgan fingerprint density at radius 1 is 1.04 bits per heavy atom. The van der Waals surface area contributed by atoms with Gasteiger partial charge in [0.25, 0.3) is 5.91 Å². The number of rotatable bonds is 7. The Morgan fingerprint density at radius 3 is 2.42 bits per heavy atom. The number of carbonyl (C=O) groups excluding carboxylic acids is 1. The van der Waals surface area contributed by atoms with Gasteiger partial charge in [-0.15, -0.1) is 11.3 Å². The molecule has 6 nitrogen and oxygen atoms in total. The summed E-state index contributed by atoms with van der Waals surface area (Å²) in [6.07, 6.45) is 0.415. The fraction of sp³-hybridized carbons (Fsp3) is 0.389. The third-order valence-electron chi connectivity index (χ3n) is 4.36. The van der Waals surface area contributed by atoms with E-state index in [1.165, 1.54) is 11.3 Å². The Balaban J connectivity index is 1.42. The second-order valence-electron chi connectivity index (χ2n) is 6.12. The predicted octanol–water partition coefficient (Wildman–Crippen LogP) is 2.02. The van der Waals surface area contributed by atoms with E-state index >= 15 is 0 Å². The molecule has 0 atom stereocenters. The van der Waals surface area contributed by atoms with E-state index in [4.69, 9.17) is 0 Å². The fourth-order valence-corrected chi connectivity index (χ4v) is 5.07. The molecule has 1 aliphatic heterocycles. The number of carbonyl (C=O) groups is 1. The van der Waals surface area contributed by atoms with Gasteiger partial charge in [-0.1, -0.05) is 24.3 Å². The maximum absolute atomic E-state index is 12.5. The molecule has 140 valence electrons. The largest absolute Gasteiger partial charge is 0.369 e. The van der Waals surface area contributed by atoms with E-state index in [9.17, 15) is 13.2 Å². The molecular weight excluding hydrogens is 370 g/mol. The van der Waals surface area contributed by atoms with Gasteiger partial charge in [-0.2, -0.15) is 4.31 Å². The van der Waals surface area contributed by atoms with Crippen LogP contribution in [-0.4, -0.2) is 57.1 Å². The first-order valence-corrected chi connectivity index (χ1v) is 11.1. The molecule has 1 aromatic carbocycles. The zero-order valence-electron chi connectivity index (χ0n) is 14.5. The quantitative estimate of drug-likeness (QED) is 0.731. The fourth-order valence-electron chi connectivity index (χ4n) is 2.94. The van der Waals surface area contributed by atoms with Gasteiger partial charge in [0, 0.05) is 38.4 Å². The summed E-state index contributed by atoms with van der Waals surface area (Å²) in [5.74, 6) is -0.0860. The summed E-state index contributed by atoms with van der Waals surface area (Å²) < 4.78 is 26.6. The number of sulfonamides is 1. The van der Waals surface area contributed by atoms with Crippen LogP contribution in [0, 0.1) is 0 Å². The molecule has 0 radical (unpaired) electrons. The average Bonchev–Trinajstić information content (AvgIpc) is 3.21. The van der Waals surface area contributed by atoms with Crippen LogP contribution in [0.1, 0.15) is 16.1 Å². The van der Waals surface area contributed by atoms with Crippen molar-refractivity contribution in [3.8, 4) is 0 Å². The molecule has 3 rings (SSSR count). The first kappa shape index (κ1) is 18.9. The zero-order chi connectivity index (χ0) is 18.4. The Hall–Kier alpha value is -1.90. The van der Waals surface area contributed by atoms with E-state index in [0.717, 1.165) is 5.69 Å². The van der Waals surface area contributed by atoms with Crippen LogP contribution in [-0.2, 0) is 10.0 Å². The van der Waals surface area contributed by atoms with Crippen LogP contribution >= 0.6 is 11.3 Å². The lowest BCUT2D eigenvalue weighted by molar-refractivity contribution is 0.0957. The van der Waals surface area contributed by atoms with Gasteiger partial charge in [0.15, 0.2) is 0 Å². The van der Waals surface area contributed by atoms with Gasteiger partial charge >= 0.3 is 0 Å². The molecule has 1 aromatic heterocycles. The molecule has 0 spiro atoms. The first-order valence-electron chi connectivity index (χ1n) is 8.66. The Bertz CT molecular complexity index is 799. The number of benzene rings is 1. The van der Waals surface area contributed by atoms with Gasteiger partial charge in [-0.25, -0.2) is 8.42 Å². The highest BCUT2D eigenvalue weighted by Crippen LogP contribution is 2.17. The highest BCUT2D eigenvalue weighted by molar-refractivity contribution is 7.89. The predicted molar refractivity (Wildman–Crippen MR) is 105 cm³/mol. The lowest BCUT2D eigenvalue weighted by Gasteiger charge is -2.35. The highest BCUT2D eigenvalue weighted by atomic mass is 32.2. The lowest BCUT2D eigenvalue weighted by atomic mass is 10.2. The Kier molecular flexibility index (Phi) is 6.29. The van der Waals surface area contributed by atoms with Crippen molar-refractivity contribution >= 4 is 33.0 Å². The van der Waals surface area contributed by atoms with E-state index in [1.807, 2.05) is 41.8 Å². The van der Waals surface area contributed by atoms with Crippen LogP contribution in [0.15, 0.2) is 47.8 Å². The van der Waals surface area contributed by atoms with E-state index < -0.39 is 10.0 Å². The minimum atomic E-state index is -3.28. The summed E-state index contributed by atoms with van der Waals surface area (Å²) in [5, 5.41) is 4.61. The van der Waals surface area contributed by atoms with E-state index in [0.29, 0.717) is 44.0 Å².